The molecule has 5 heteroatoms. The molecule has 2 heterocycles. The molecule has 0 aliphatic heterocycles. The van der Waals surface area contributed by atoms with Crippen molar-refractivity contribution in [1.82, 2.24) is 9.97 Å². The number of rotatable bonds is 1. The summed E-state index contributed by atoms with van der Waals surface area (Å²) in [5, 5.41) is 0. The third kappa shape index (κ3) is 4.70. The van der Waals surface area contributed by atoms with Crippen molar-refractivity contribution in [2.45, 2.75) is 0 Å². The minimum atomic E-state index is 0. The van der Waals surface area contributed by atoms with Gasteiger partial charge in [0.2, 0.25) is 0 Å². The van der Waals surface area contributed by atoms with Crippen LogP contribution in [0, 0.1) is 0 Å². The quantitative estimate of drug-likeness (QED) is 0.501. The first-order valence-corrected chi connectivity index (χ1v) is 3.79. The fourth-order valence-corrected chi connectivity index (χ4v) is 1.03. The normalized spacial score (nSPS) is 7.73. The van der Waals surface area contributed by atoms with Crippen molar-refractivity contribution in [3.05, 3.63) is 48.8 Å². The number of hydrogen-bond donors (Lipinski definition) is 0. The van der Waals surface area contributed by atoms with Crippen LogP contribution in [0.25, 0.3) is 11.4 Å². The van der Waals surface area contributed by atoms with E-state index in [1.165, 1.54) is 0 Å². The summed E-state index contributed by atoms with van der Waals surface area (Å²) < 4.78 is 0. The third-order valence-electron chi connectivity index (χ3n) is 1.59. The number of nitrogens with zero attached hydrogens (tertiary/aromatic N) is 2. The predicted octanol–water partition coefficient (Wildman–Crippen LogP) is -3.85. The molecule has 0 aliphatic carbocycles. The maximum absolute atomic E-state index is 4.19. The van der Waals surface area contributed by atoms with Gasteiger partial charge in [0.05, 0.1) is 11.4 Å². The fraction of sp³-hybridized carbons (Fsp3) is 0. The Kier molecular flexibility index (Phi) is 9.90. The average molecular weight is 328 g/mol. The maximum Gasteiger partial charge on any atom is 2.00 e. The van der Waals surface area contributed by atoms with Gasteiger partial charge < -0.3 is 24.8 Å². The summed E-state index contributed by atoms with van der Waals surface area (Å²) in [5.74, 6) is 0. The van der Waals surface area contributed by atoms with E-state index < -0.39 is 0 Å². The second-order valence-corrected chi connectivity index (χ2v) is 2.43. The van der Waals surface area contributed by atoms with Gasteiger partial charge in [0.1, 0.15) is 0 Å². The zero-order valence-electron chi connectivity index (χ0n) is 7.62. The number of pyridine rings is 2. The van der Waals surface area contributed by atoms with Crippen molar-refractivity contribution in [3.63, 3.8) is 0 Å². The third-order valence-corrected chi connectivity index (χ3v) is 1.59. The van der Waals surface area contributed by atoms with E-state index in [9.17, 15) is 0 Å². The Morgan fingerprint density at radius 2 is 1.07 bits per heavy atom. The minimum Gasteiger partial charge on any atom is -1.00 e. The van der Waals surface area contributed by atoms with Crippen molar-refractivity contribution in [3.8, 4) is 11.4 Å². The Labute approximate surface area is 114 Å². The van der Waals surface area contributed by atoms with Crippen molar-refractivity contribution >= 4 is 0 Å². The summed E-state index contributed by atoms with van der Waals surface area (Å²) in [4.78, 5) is 8.37. The van der Waals surface area contributed by atoms with Gasteiger partial charge in [0.25, 0.3) is 0 Å². The molecule has 0 amide bonds. The molecule has 2 aromatic heterocycles. The minimum absolute atomic E-state index is 0. The molecule has 0 aliphatic rings. The van der Waals surface area contributed by atoms with Crippen molar-refractivity contribution in [2.75, 3.05) is 0 Å². The first kappa shape index (κ1) is 16.9. The molecular weight excluding hydrogens is 320 g/mol. The van der Waals surface area contributed by atoms with Crippen LogP contribution in [0.15, 0.2) is 48.8 Å². The summed E-state index contributed by atoms with van der Waals surface area (Å²) in [5.41, 5.74) is 1.83. The molecular formula is C10H8Cl2N2Ru. The van der Waals surface area contributed by atoms with Crippen LogP contribution < -0.4 is 24.8 Å². The molecule has 2 nitrogen and oxygen atoms in total. The van der Waals surface area contributed by atoms with E-state index in [2.05, 4.69) is 9.97 Å². The standard InChI is InChI=1S/C10H8N2.2ClH.Ru/c1-3-7-11-9(5-1)10-6-2-4-8-12-10;;;/h1-8H;2*1H;/q;;;+2/p-2. The van der Waals surface area contributed by atoms with E-state index in [-0.39, 0.29) is 44.3 Å². The van der Waals surface area contributed by atoms with E-state index in [0.717, 1.165) is 11.4 Å². The van der Waals surface area contributed by atoms with Crippen LogP contribution in [0.1, 0.15) is 0 Å². The summed E-state index contributed by atoms with van der Waals surface area (Å²) in [6, 6.07) is 11.6. The molecule has 0 saturated heterocycles. The molecule has 0 unspecified atom stereocenters. The van der Waals surface area contributed by atoms with Gasteiger partial charge in [-0.2, -0.15) is 0 Å². The van der Waals surface area contributed by atoms with Crippen molar-refractivity contribution in [1.29, 1.82) is 0 Å². The Morgan fingerprint density at radius 1 is 0.667 bits per heavy atom. The van der Waals surface area contributed by atoms with Crippen molar-refractivity contribution in [2.24, 2.45) is 0 Å². The Bertz CT molecular complexity index is 319. The summed E-state index contributed by atoms with van der Waals surface area (Å²) in [7, 11) is 0. The van der Waals surface area contributed by atoms with Gasteiger partial charge in [-0.1, -0.05) is 12.1 Å². The van der Waals surface area contributed by atoms with Gasteiger partial charge in [0.15, 0.2) is 0 Å². The Balaban J connectivity index is 0. The zero-order valence-corrected chi connectivity index (χ0v) is 10.9. The van der Waals surface area contributed by atoms with Gasteiger partial charge in [-0.05, 0) is 24.3 Å². The molecule has 0 N–H and O–H groups in total. The first-order valence-electron chi connectivity index (χ1n) is 3.79. The number of hydrogen-bond acceptors (Lipinski definition) is 2. The monoisotopic (exact) mass is 328 g/mol. The molecule has 80 valence electrons. The topological polar surface area (TPSA) is 25.8 Å². The van der Waals surface area contributed by atoms with E-state index >= 15 is 0 Å². The van der Waals surface area contributed by atoms with Gasteiger partial charge >= 0.3 is 19.5 Å². The van der Waals surface area contributed by atoms with Gasteiger partial charge in [-0.3, -0.25) is 9.97 Å². The number of aromatic nitrogens is 2. The largest absolute Gasteiger partial charge is 2.00 e. The number of halogens is 2. The van der Waals surface area contributed by atoms with Gasteiger partial charge in [-0.15, -0.1) is 0 Å². The van der Waals surface area contributed by atoms with Crippen LogP contribution in [-0.4, -0.2) is 9.97 Å². The SMILES string of the molecule is [Cl-].[Cl-].[Ru+2].c1ccc(-c2ccccn2)nc1. The molecule has 0 saturated carbocycles. The molecule has 15 heavy (non-hydrogen) atoms. The fourth-order valence-electron chi connectivity index (χ4n) is 1.03. The smallest absolute Gasteiger partial charge is 1.00 e. The molecule has 2 aromatic rings. The van der Waals surface area contributed by atoms with Crippen LogP contribution in [0.5, 0.6) is 0 Å². The molecule has 0 bridgehead atoms. The van der Waals surface area contributed by atoms with Crippen LogP contribution in [-0.2, 0) is 19.5 Å². The van der Waals surface area contributed by atoms with Gasteiger partial charge in [-0.25, -0.2) is 0 Å². The average Bonchev–Trinajstić information content (AvgIpc) is 2.21. The summed E-state index contributed by atoms with van der Waals surface area (Å²) in [6.45, 7) is 0. The van der Waals surface area contributed by atoms with E-state index in [4.69, 9.17) is 0 Å². The zero-order chi connectivity index (χ0) is 8.23. The molecule has 0 fully saturated rings. The van der Waals surface area contributed by atoms with E-state index in [1.54, 1.807) is 12.4 Å². The predicted molar refractivity (Wildman–Crippen MR) is 47.5 cm³/mol. The van der Waals surface area contributed by atoms with Crippen LogP contribution in [0.4, 0.5) is 0 Å². The second kappa shape index (κ2) is 8.78. The van der Waals surface area contributed by atoms with Crippen LogP contribution >= 0.6 is 0 Å². The van der Waals surface area contributed by atoms with Crippen LogP contribution in [0.2, 0.25) is 0 Å². The Morgan fingerprint density at radius 3 is 1.33 bits per heavy atom. The summed E-state index contributed by atoms with van der Waals surface area (Å²) in [6.07, 6.45) is 3.54. The first-order chi connectivity index (χ1) is 5.97. The van der Waals surface area contributed by atoms with Crippen LogP contribution in [0.3, 0.4) is 0 Å². The second-order valence-electron chi connectivity index (χ2n) is 2.43. The summed E-state index contributed by atoms with van der Waals surface area (Å²) >= 11 is 0. The molecule has 0 radical (unpaired) electrons. The van der Waals surface area contributed by atoms with E-state index in [0.29, 0.717) is 0 Å². The molecule has 0 atom stereocenters. The van der Waals surface area contributed by atoms with Gasteiger partial charge in [0, 0.05) is 12.4 Å². The maximum atomic E-state index is 4.19. The molecule has 0 aromatic carbocycles. The molecule has 2 rings (SSSR count). The van der Waals surface area contributed by atoms with Crippen molar-refractivity contribution < 1.29 is 44.3 Å². The molecule has 0 spiro atoms. The Hall–Kier alpha value is -0.497. The van der Waals surface area contributed by atoms with E-state index in [1.807, 2.05) is 36.4 Å².